The van der Waals surface area contributed by atoms with E-state index < -0.39 is 0 Å². The molecule has 0 aromatic carbocycles. The quantitative estimate of drug-likeness (QED) is 0.843. The molecule has 1 saturated carbocycles. The Morgan fingerprint density at radius 2 is 2.24 bits per heavy atom. The van der Waals surface area contributed by atoms with E-state index in [1.807, 2.05) is 6.07 Å². The third kappa shape index (κ3) is 5.48. The van der Waals surface area contributed by atoms with Crippen LogP contribution in [0.4, 0.5) is 0 Å². The fraction of sp³-hybridized carbons (Fsp3) is 0.706. The van der Waals surface area contributed by atoms with Gasteiger partial charge in [-0.05, 0) is 43.2 Å². The standard InChI is InChI=1S/C17H27ClN2O/c1-12(2)9-19-10-14-8-17(20-11-16(14)18)21-15-6-4-5-13(3)7-15/h8,11-13,15,19H,4-7,9-10H2,1-3H3. The maximum absolute atomic E-state index is 6.22. The Balaban J connectivity index is 1.94. The Morgan fingerprint density at radius 1 is 1.43 bits per heavy atom. The predicted molar refractivity (Wildman–Crippen MR) is 87.8 cm³/mol. The molecule has 118 valence electrons. The summed E-state index contributed by atoms with van der Waals surface area (Å²) in [6.45, 7) is 8.43. The van der Waals surface area contributed by atoms with Crippen molar-refractivity contribution in [3.63, 3.8) is 0 Å². The van der Waals surface area contributed by atoms with E-state index in [4.69, 9.17) is 16.3 Å². The zero-order valence-corrected chi connectivity index (χ0v) is 14.1. The number of hydrogen-bond donors (Lipinski definition) is 1. The zero-order valence-electron chi connectivity index (χ0n) is 13.4. The van der Waals surface area contributed by atoms with Crippen molar-refractivity contribution >= 4 is 11.6 Å². The summed E-state index contributed by atoms with van der Waals surface area (Å²) in [5.41, 5.74) is 1.06. The van der Waals surface area contributed by atoms with Crippen LogP contribution in [0.2, 0.25) is 5.02 Å². The number of ether oxygens (including phenoxy) is 1. The second-order valence-corrected chi connectivity index (χ2v) is 7.06. The van der Waals surface area contributed by atoms with Crippen molar-refractivity contribution in [3.05, 3.63) is 22.8 Å². The summed E-state index contributed by atoms with van der Waals surface area (Å²) in [5.74, 6) is 2.09. The van der Waals surface area contributed by atoms with Crippen LogP contribution in [0.1, 0.15) is 52.0 Å². The van der Waals surface area contributed by atoms with Crippen LogP contribution in [0.25, 0.3) is 0 Å². The summed E-state index contributed by atoms with van der Waals surface area (Å²) in [5, 5.41) is 4.12. The fourth-order valence-corrected chi connectivity index (χ4v) is 2.98. The van der Waals surface area contributed by atoms with Crippen LogP contribution >= 0.6 is 11.6 Å². The molecule has 1 heterocycles. The van der Waals surface area contributed by atoms with Crippen molar-refractivity contribution < 1.29 is 4.74 Å². The van der Waals surface area contributed by atoms with Crippen molar-refractivity contribution in [2.24, 2.45) is 11.8 Å². The molecule has 1 aliphatic carbocycles. The molecule has 2 atom stereocenters. The lowest BCUT2D eigenvalue weighted by Crippen LogP contribution is -2.24. The van der Waals surface area contributed by atoms with E-state index in [1.54, 1.807) is 6.20 Å². The summed E-state index contributed by atoms with van der Waals surface area (Å²) in [7, 11) is 0. The number of hydrogen-bond acceptors (Lipinski definition) is 3. The van der Waals surface area contributed by atoms with Gasteiger partial charge in [-0.2, -0.15) is 0 Å². The van der Waals surface area contributed by atoms with E-state index in [2.05, 4.69) is 31.1 Å². The van der Waals surface area contributed by atoms with E-state index in [9.17, 15) is 0 Å². The number of nitrogens with one attached hydrogen (secondary N) is 1. The molecule has 4 heteroatoms. The third-order valence-electron chi connectivity index (χ3n) is 3.95. The van der Waals surface area contributed by atoms with E-state index in [1.165, 1.54) is 12.8 Å². The molecular formula is C17H27ClN2O. The average Bonchev–Trinajstić information content (AvgIpc) is 2.42. The van der Waals surface area contributed by atoms with E-state index in [0.29, 0.717) is 22.9 Å². The number of rotatable bonds is 6. The smallest absolute Gasteiger partial charge is 0.213 e. The fourth-order valence-electron chi connectivity index (χ4n) is 2.81. The van der Waals surface area contributed by atoms with Gasteiger partial charge in [0.25, 0.3) is 0 Å². The highest BCUT2D eigenvalue weighted by Crippen LogP contribution is 2.28. The van der Waals surface area contributed by atoms with Crippen molar-refractivity contribution in [2.75, 3.05) is 6.54 Å². The number of nitrogens with zero attached hydrogens (tertiary/aromatic N) is 1. The third-order valence-corrected chi connectivity index (χ3v) is 4.29. The minimum Gasteiger partial charge on any atom is -0.474 e. The van der Waals surface area contributed by atoms with Gasteiger partial charge in [0, 0.05) is 18.8 Å². The van der Waals surface area contributed by atoms with Gasteiger partial charge in [-0.25, -0.2) is 4.98 Å². The Bertz CT molecular complexity index is 450. The molecule has 0 bridgehead atoms. The Morgan fingerprint density at radius 3 is 2.95 bits per heavy atom. The molecule has 3 nitrogen and oxygen atoms in total. The molecule has 0 aliphatic heterocycles. The molecule has 0 saturated heterocycles. The van der Waals surface area contributed by atoms with Crippen LogP contribution in [0.15, 0.2) is 12.3 Å². The van der Waals surface area contributed by atoms with Gasteiger partial charge in [-0.1, -0.05) is 38.8 Å². The molecule has 1 aromatic rings. The summed E-state index contributed by atoms with van der Waals surface area (Å²) in [6, 6.07) is 1.98. The highest BCUT2D eigenvalue weighted by molar-refractivity contribution is 6.31. The van der Waals surface area contributed by atoms with Crippen molar-refractivity contribution in [1.82, 2.24) is 10.3 Å². The predicted octanol–water partition coefficient (Wildman–Crippen LogP) is 4.44. The molecule has 1 aromatic heterocycles. The van der Waals surface area contributed by atoms with Gasteiger partial charge in [0.2, 0.25) is 5.88 Å². The van der Waals surface area contributed by atoms with Gasteiger partial charge in [-0.3, -0.25) is 0 Å². The van der Waals surface area contributed by atoms with Crippen molar-refractivity contribution in [2.45, 2.75) is 59.1 Å². The molecule has 1 fully saturated rings. The summed E-state index contributed by atoms with van der Waals surface area (Å²) >= 11 is 6.22. The highest BCUT2D eigenvalue weighted by Gasteiger charge is 2.20. The minimum absolute atomic E-state index is 0.305. The Hall–Kier alpha value is -0.800. The first-order valence-corrected chi connectivity index (χ1v) is 8.44. The van der Waals surface area contributed by atoms with Crippen molar-refractivity contribution in [1.29, 1.82) is 0 Å². The topological polar surface area (TPSA) is 34.1 Å². The molecular weight excluding hydrogens is 284 g/mol. The number of pyridine rings is 1. The molecule has 21 heavy (non-hydrogen) atoms. The number of aromatic nitrogens is 1. The lowest BCUT2D eigenvalue weighted by molar-refractivity contribution is 0.124. The molecule has 0 radical (unpaired) electrons. The van der Waals surface area contributed by atoms with Crippen molar-refractivity contribution in [3.8, 4) is 5.88 Å². The van der Waals surface area contributed by atoms with E-state index in [-0.39, 0.29) is 0 Å². The van der Waals surface area contributed by atoms with E-state index >= 15 is 0 Å². The van der Waals surface area contributed by atoms with Gasteiger partial charge in [0.15, 0.2) is 0 Å². The van der Waals surface area contributed by atoms with Crippen LogP contribution in [0.3, 0.4) is 0 Å². The van der Waals surface area contributed by atoms with Gasteiger partial charge >= 0.3 is 0 Å². The number of halogens is 1. The van der Waals surface area contributed by atoms with Gasteiger partial charge < -0.3 is 10.1 Å². The minimum atomic E-state index is 0.305. The van der Waals surface area contributed by atoms with Crippen LogP contribution in [-0.2, 0) is 6.54 Å². The lowest BCUT2D eigenvalue weighted by Gasteiger charge is -2.27. The SMILES string of the molecule is CC(C)CNCc1cc(OC2CCCC(C)C2)ncc1Cl. The van der Waals surface area contributed by atoms with Crippen LogP contribution < -0.4 is 10.1 Å². The second kappa shape index (κ2) is 8.00. The summed E-state index contributed by atoms with van der Waals surface area (Å²) < 4.78 is 6.05. The maximum atomic E-state index is 6.22. The largest absolute Gasteiger partial charge is 0.474 e. The molecule has 0 amide bonds. The second-order valence-electron chi connectivity index (χ2n) is 6.65. The van der Waals surface area contributed by atoms with Gasteiger partial charge in [0.05, 0.1) is 5.02 Å². The summed E-state index contributed by atoms with van der Waals surface area (Å²) in [6.07, 6.45) is 6.84. The maximum Gasteiger partial charge on any atom is 0.213 e. The lowest BCUT2D eigenvalue weighted by atomic mass is 9.89. The Kier molecular flexibility index (Phi) is 6.31. The monoisotopic (exact) mass is 310 g/mol. The zero-order chi connectivity index (χ0) is 15.2. The molecule has 2 rings (SSSR count). The highest BCUT2D eigenvalue weighted by atomic mass is 35.5. The first-order valence-electron chi connectivity index (χ1n) is 8.06. The van der Waals surface area contributed by atoms with Gasteiger partial charge in [0.1, 0.15) is 6.10 Å². The average molecular weight is 311 g/mol. The summed E-state index contributed by atoms with van der Waals surface area (Å²) in [4.78, 5) is 4.32. The first kappa shape index (κ1) is 16.6. The van der Waals surface area contributed by atoms with E-state index in [0.717, 1.165) is 37.4 Å². The molecule has 2 unspecified atom stereocenters. The Labute approximate surface area is 133 Å². The first-order chi connectivity index (χ1) is 10.0. The van der Waals surface area contributed by atoms with Crippen LogP contribution in [0, 0.1) is 11.8 Å². The molecule has 1 aliphatic rings. The normalized spacial score (nSPS) is 22.5. The molecule has 0 spiro atoms. The molecule has 1 N–H and O–H groups in total. The van der Waals surface area contributed by atoms with Crippen LogP contribution in [0.5, 0.6) is 5.88 Å². The van der Waals surface area contributed by atoms with Crippen LogP contribution in [-0.4, -0.2) is 17.6 Å². The van der Waals surface area contributed by atoms with Gasteiger partial charge in [-0.15, -0.1) is 0 Å².